The average molecular weight is 304 g/mol. The van der Waals surface area contributed by atoms with Crippen molar-refractivity contribution < 1.29 is 4.92 Å². The molecular formula is C7H5IN4O2. The van der Waals surface area contributed by atoms with Crippen LogP contribution in [0.2, 0.25) is 0 Å². The molecule has 0 saturated carbocycles. The predicted octanol–water partition coefficient (Wildman–Crippen LogP) is 3.45. The molecule has 0 aromatic heterocycles. The van der Waals surface area contributed by atoms with Crippen molar-refractivity contribution in [1.29, 1.82) is 0 Å². The van der Waals surface area contributed by atoms with Crippen LogP contribution in [0.25, 0.3) is 10.4 Å². The Morgan fingerprint density at radius 3 is 2.71 bits per heavy atom. The van der Waals surface area contributed by atoms with Crippen molar-refractivity contribution >= 4 is 34.0 Å². The Morgan fingerprint density at radius 1 is 1.64 bits per heavy atom. The highest BCUT2D eigenvalue weighted by atomic mass is 127. The lowest BCUT2D eigenvalue weighted by molar-refractivity contribution is -0.385. The van der Waals surface area contributed by atoms with E-state index >= 15 is 0 Å². The number of aryl methyl sites for hydroxylation is 1. The summed E-state index contributed by atoms with van der Waals surface area (Å²) in [4.78, 5) is 12.6. The first kappa shape index (κ1) is 10.7. The van der Waals surface area contributed by atoms with E-state index in [9.17, 15) is 10.1 Å². The summed E-state index contributed by atoms with van der Waals surface area (Å²) >= 11 is 1.90. The molecule has 1 aromatic carbocycles. The Labute approximate surface area is 92.8 Å². The fraction of sp³-hybridized carbons (Fsp3) is 0.143. The molecule has 6 nitrogen and oxygen atoms in total. The Balaban J connectivity index is 3.39. The van der Waals surface area contributed by atoms with E-state index < -0.39 is 4.92 Å². The Hall–Kier alpha value is -1.34. The van der Waals surface area contributed by atoms with Gasteiger partial charge in [0.15, 0.2) is 0 Å². The summed E-state index contributed by atoms with van der Waals surface area (Å²) in [5, 5.41) is 13.9. The van der Waals surface area contributed by atoms with Gasteiger partial charge in [0.05, 0.1) is 10.6 Å². The highest BCUT2D eigenvalue weighted by Gasteiger charge is 2.11. The van der Waals surface area contributed by atoms with E-state index in [1.807, 2.05) is 22.6 Å². The molecule has 0 fully saturated rings. The highest BCUT2D eigenvalue weighted by Crippen LogP contribution is 2.30. The van der Waals surface area contributed by atoms with Crippen LogP contribution in [-0.4, -0.2) is 4.92 Å². The maximum Gasteiger partial charge on any atom is 0.270 e. The van der Waals surface area contributed by atoms with E-state index in [0.29, 0.717) is 14.8 Å². The van der Waals surface area contributed by atoms with Crippen LogP contribution in [0.1, 0.15) is 5.56 Å². The van der Waals surface area contributed by atoms with Crippen LogP contribution in [0.3, 0.4) is 0 Å². The van der Waals surface area contributed by atoms with Crippen LogP contribution in [0, 0.1) is 20.6 Å². The fourth-order valence-electron chi connectivity index (χ4n) is 0.995. The minimum absolute atomic E-state index is 0.00351. The van der Waals surface area contributed by atoms with E-state index in [1.165, 1.54) is 12.1 Å². The second-order valence-electron chi connectivity index (χ2n) is 2.54. The molecule has 0 radical (unpaired) electrons. The van der Waals surface area contributed by atoms with Crippen LogP contribution in [0.5, 0.6) is 0 Å². The monoisotopic (exact) mass is 304 g/mol. The number of azide groups is 1. The second kappa shape index (κ2) is 4.25. The molecule has 0 N–H and O–H groups in total. The zero-order valence-electron chi connectivity index (χ0n) is 7.14. The molecule has 0 aliphatic carbocycles. The molecule has 1 rings (SSSR count). The van der Waals surface area contributed by atoms with Crippen LogP contribution in [0.15, 0.2) is 17.2 Å². The maximum atomic E-state index is 10.5. The minimum atomic E-state index is -0.477. The van der Waals surface area contributed by atoms with Crippen LogP contribution < -0.4 is 0 Å². The SMILES string of the molecule is Cc1cc([N+](=O)[O-])cc(I)c1N=[N+]=[N-]. The predicted molar refractivity (Wildman–Crippen MR) is 59.4 cm³/mol. The van der Waals surface area contributed by atoms with E-state index in [4.69, 9.17) is 5.53 Å². The van der Waals surface area contributed by atoms with Gasteiger partial charge in [0.25, 0.3) is 5.69 Å². The van der Waals surface area contributed by atoms with Gasteiger partial charge in [-0.3, -0.25) is 10.1 Å². The number of hydrogen-bond acceptors (Lipinski definition) is 3. The largest absolute Gasteiger partial charge is 0.270 e. The Morgan fingerprint density at radius 2 is 2.29 bits per heavy atom. The quantitative estimate of drug-likeness (QED) is 0.209. The van der Waals surface area contributed by atoms with Crippen molar-refractivity contribution in [2.45, 2.75) is 6.92 Å². The first-order valence-electron chi connectivity index (χ1n) is 3.56. The number of nitro benzene ring substituents is 1. The summed E-state index contributed by atoms with van der Waals surface area (Å²) in [7, 11) is 0. The summed E-state index contributed by atoms with van der Waals surface area (Å²) < 4.78 is 0.576. The standard InChI is InChI=1S/C7H5IN4O2/c1-4-2-5(12(13)14)3-6(8)7(4)10-11-9/h2-3H,1H3. The van der Waals surface area contributed by atoms with Gasteiger partial charge in [-0.25, -0.2) is 0 Å². The Kier molecular flexibility index (Phi) is 3.26. The second-order valence-corrected chi connectivity index (χ2v) is 3.70. The van der Waals surface area contributed by atoms with Crippen LogP contribution in [-0.2, 0) is 0 Å². The lowest BCUT2D eigenvalue weighted by Crippen LogP contribution is -1.90. The molecule has 0 amide bonds. The maximum absolute atomic E-state index is 10.5. The smallest absolute Gasteiger partial charge is 0.258 e. The third-order valence-corrected chi connectivity index (χ3v) is 2.42. The molecule has 0 heterocycles. The third kappa shape index (κ3) is 2.12. The van der Waals surface area contributed by atoms with Crippen molar-refractivity contribution in [2.24, 2.45) is 5.11 Å². The number of hydrogen-bond donors (Lipinski definition) is 0. The molecule has 0 spiro atoms. The molecule has 0 bridgehead atoms. The summed E-state index contributed by atoms with van der Waals surface area (Å²) in [5.74, 6) is 0. The number of non-ortho nitro benzene ring substituents is 1. The van der Waals surface area contributed by atoms with E-state index in [2.05, 4.69) is 10.0 Å². The lowest BCUT2D eigenvalue weighted by atomic mass is 10.2. The number of benzene rings is 1. The van der Waals surface area contributed by atoms with E-state index in [0.717, 1.165) is 0 Å². The number of rotatable bonds is 2. The van der Waals surface area contributed by atoms with Gasteiger partial charge in [0.2, 0.25) is 0 Å². The Bertz CT molecular complexity index is 416. The van der Waals surface area contributed by atoms with Gasteiger partial charge < -0.3 is 0 Å². The molecule has 0 aliphatic rings. The average Bonchev–Trinajstić information content (AvgIpc) is 2.10. The topological polar surface area (TPSA) is 91.9 Å². The summed E-state index contributed by atoms with van der Waals surface area (Å²) in [6, 6.07) is 2.75. The normalized spacial score (nSPS) is 9.29. The molecule has 72 valence electrons. The third-order valence-electron chi connectivity index (χ3n) is 1.59. The van der Waals surface area contributed by atoms with Gasteiger partial charge in [0.1, 0.15) is 0 Å². The van der Waals surface area contributed by atoms with Crippen molar-refractivity contribution in [2.75, 3.05) is 0 Å². The van der Waals surface area contributed by atoms with Gasteiger partial charge in [-0.1, -0.05) is 5.11 Å². The van der Waals surface area contributed by atoms with Gasteiger partial charge in [-0.15, -0.1) is 0 Å². The summed E-state index contributed by atoms with van der Waals surface area (Å²) in [6.07, 6.45) is 0. The first-order valence-corrected chi connectivity index (χ1v) is 4.63. The molecule has 0 saturated heterocycles. The van der Waals surface area contributed by atoms with Gasteiger partial charge in [-0.05, 0) is 40.6 Å². The molecule has 7 heteroatoms. The van der Waals surface area contributed by atoms with E-state index in [-0.39, 0.29) is 5.69 Å². The molecule has 0 unspecified atom stereocenters. The fourth-order valence-corrected chi connectivity index (χ4v) is 1.85. The van der Waals surface area contributed by atoms with Crippen molar-refractivity contribution in [1.82, 2.24) is 0 Å². The van der Waals surface area contributed by atoms with Crippen molar-refractivity contribution in [3.05, 3.63) is 41.8 Å². The molecular weight excluding hydrogens is 299 g/mol. The minimum Gasteiger partial charge on any atom is -0.258 e. The van der Waals surface area contributed by atoms with Crippen molar-refractivity contribution in [3.63, 3.8) is 0 Å². The van der Waals surface area contributed by atoms with Crippen LogP contribution in [0.4, 0.5) is 11.4 Å². The van der Waals surface area contributed by atoms with E-state index in [1.54, 1.807) is 6.92 Å². The molecule has 0 aliphatic heterocycles. The number of halogens is 1. The number of nitrogens with zero attached hydrogens (tertiary/aromatic N) is 4. The van der Waals surface area contributed by atoms with Crippen molar-refractivity contribution in [3.8, 4) is 0 Å². The highest BCUT2D eigenvalue weighted by molar-refractivity contribution is 14.1. The zero-order valence-corrected chi connectivity index (χ0v) is 9.30. The first-order chi connectivity index (χ1) is 6.56. The summed E-state index contributed by atoms with van der Waals surface area (Å²) in [5.41, 5.74) is 9.31. The van der Waals surface area contributed by atoms with Gasteiger partial charge in [0, 0.05) is 20.6 Å². The molecule has 1 aromatic rings. The summed E-state index contributed by atoms with van der Waals surface area (Å²) in [6.45, 7) is 1.67. The lowest BCUT2D eigenvalue weighted by Gasteiger charge is -2.01. The molecule has 14 heavy (non-hydrogen) atoms. The molecule has 0 atom stereocenters. The number of nitro groups is 1. The van der Waals surface area contributed by atoms with Crippen LogP contribution >= 0.6 is 22.6 Å². The zero-order chi connectivity index (χ0) is 10.7. The van der Waals surface area contributed by atoms with Gasteiger partial charge in [-0.2, -0.15) is 0 Å². The van der Waals surface area contributed by atoms with Gasteiger partial charge >= 0.3 is 0 Å².